The summed E-state index contributed by atoms with van der Waals surface area (Å²) in [6.45, 7) is 2.53. The molecule has 1 saturated heterocycles. The first-order chi connectivity index (χ1) is 16.0. The van der Waals surface area contributed by atoms with Crippen LogP contribution in [0.4, 0.5) is 8.78 Å². The summed E-state index contributed by atoms with van der Waals surface area (Å²) >= 11 is 0. The quantitative estimate of drug-likeness (QED) is 0.383. The number of nitrogens with zero attached hydrogens (tertiary/aromatic N) is 4. The Morgan fingerprint density at radius 2 is 1.88 bits per heavy atom. The second-order valence-corrected chi connectivity index (χ2v) is 9.11. The number of hydrogen-bond acceptors (Lipinski definition) is 4. The number of rotatable bonds is 4. The summed E-state index contributed by atoms with van der Waals surface area (Å²) in [5.41, 5.74) is 4.41. The van der Waals surface area contributed by atoms with Crippen LogP contribution >= 0.6 is 0 Å². The number of aromatic nitrogens is 4. The first-order valence-corrected chi connectivity index (χ1v) is 11.4. The topological polar surface area (TPSA) is 52.8 Å². The highest BCUT2D eigenvalue weighted by Gasteiger charge is 2.30. The first kappa shape index (κ1) is 20.4. The Labute approximate surface area is 190 Å². The van der Waals surface area contributed by atoms with Crippen molar-refractivity contribution in [1.82, 2.24) is 19.7 Å². The number of pyridine rings is 2. The lowest BCUT2D eigenvalue weighted by Crippen LogP contribution is -2.19. The van der Waals surface area contributed by atoms with Gasteiger partial charge in [-0.15, -0.1) is 0 Å². The van der Waals surface area contributed by atoms with E-state index < -0.39 is 11.6 Å². The van der Waals surface area contributed by atoms with Gasteiger partial charge >= 0.3 is 0 Å². The molecule has 0 radical (unpaired) electrons. The van der Waals surface area contributed by atoms with Crippen molar-refractivity contribution in [3.05, 3.63) is 77.4 Å². The van der Waals surface area contributed by atoms with Crippen LogP contribution in [-0.4, -0.2) is 26.4 Å². The summed E-state index contributed by atoms with van der Waals surface area (Å²) in [4.78, 5) is 9.50. The van der Waals surface area contributed by atoms with E-state index >= 15 is 0 Å². The summed E-state index contributed by atoms with van der Waals surface area (Å²) in [6.07, 6.45) is 7.92. The number of ether oxygens (including phenoxy) is 1. The fourth-order valence-corrected chi connectivity index (χ4v) is 4.71. The van der Waals surface area contributed by atoms with Gasteiger partial charge in [-0.1, -0.05) is 0 Å². The fourth-order valence-electron chi connectivity index (χ4n) is 4.71. The highest BCUT2D eigenvalue weighted by atomic mass is 19.1. The summed E-state index contributed by atoms with van der Waals surface area (Å²) in [6, 6.07) is 9.96. The minimum atomic E-state index is -0.595. The lowest BCUT2D eigenvalue weighted by molar-refractivity contribution is 0.00464. The SMILES string of the molecule is Cc1ccc2c(-c3ccc(F)cc3F)cc([C@@H]3CCO[C@@H](c4cnn(C5CC5)c4)C3)nc2n1. The number of hydrogen-bond donors (Lipinski definition) is 0. The molecule has 0 amide bonds. The summed E-state index contributed by atoms with van der Waals surface area (Å²) < 4.78 is 36.5. The molecular weight excluding hydrogens is 422 g/mol. The molecule has 1 saturated carbocycles. The maximum absolute atomic E-state index is 14.8. The van der Waals surface area contributed by atoms with Gasteiger partial charge in [0.1, 0.15) is 11.6 Å². The van der Waals surface area contributed by atoms with Crippen molar-refractivity contribution in [1.29, 1.82) is 0 Å². The molecule has 1 aromatic carbocycles. The standard InChI is InChI=1S/C26H24F2N4O/c1-15-2-6-21-22(20-7-3-18(27)11-23(20)28)12-24(31-26(21)30-15)16-8-9-33-25(10-16)17-13-29-32(14-17)19-4-5-19/h2-3,6-7,11-14,16,19,25H,4-5,8-10H2,1H3/t16-,25-/m1/s1. The predicted octanol–water partition coefficient (Wildman–Crippen LogP) is 6.05. The van der Waals surface area contributed by atoms with Crippen molar-refractivity contribution in [2.45, 2.75) is 50.7 Å². The van der Waals surface area contributed by atoms with Crippen molar-refractivity contribution in [3.63, 3.8) is 0 Å². The average molecular weight is 447 g/mol. The zero-order valence-electron chi connectivity index (χ0n) is 18.3. The Balaban J connectivity index is 1.39. The third-order valence-electron chi connectivity index (χ3n) is 6.67. The van der Waals surface area contributed by atoms with Gasteiger partial charge in [-0.3, -0.25) is 4.68 Å². The lowest BCUT2D eigenvalue weighted by atomic mass is 9.88. The van der Waals surface area contributed by atoms with Gasteiger partial charge in [-0.25, -0.2) is 18.7 Å². The lowest BCUT2D eigenvalue weighted by Gasteiger charge is -2.29. The van der Waals surface area contributed by atoms with Gasteiger partial charge in [0.15, 0.2) is 5.65 Å². The Hall–Kier alpha value is -3.19. The molecule has 0 bridgehead atoms. The largest absolute Gasteiger partial charge is 0.373 e. The highest BCUT2D eigenvalue weighted by molar-refractivity contribution is 5.93. The maximum atomic E-state index is 14.8. The fraction of sp³-hybridized carbons (Fsp3) is 0.346. The van der Waals surface area contributed by atoms with Crippen molar-refractivity contribution in [2.24, 2.45) is 0 Å². The van der Waals surface area contributed by atoms with Crippen LogP contribution in [0.15, 0.2) is 48.8 Å². The van der Waals surface area contributed by atoms with Gasteiger partial charge in [0.25, 0.3) is 0 Å². The van der Waals surface area contributed by atoms with Crippen LogP contribution < -0.4 is 0 Å². The summed E-state index contributed by atoms with van der Waals surface area (Å²) in [5.74, 6) is -1.05. The molecule has 168 valence electrons. The number of halogens is 2. The number of benzene rings is 1. The minimum Gasteiger partial charge on any atom is -0.373 e. The second-order valence-electron chi connectivity index (χ2n) is 9.11. The molecule has 33 heavy (non-hydrogen) atoms. The maximum Gasteiger partial charge on any atom is 0.160 e. The Morgan fingerprint density at radius 3 is 2.70 bits per heavy atom. The second kappa shape index (κ2) is 7.99. The molecular formula is C26H24F2N4O. The van der Waals surface area contributed by atoms with Crippen LogP contribution in [-0.2, 0) is 4.74 Å². The van der Waals surface area contributed by atoms with E-state index in [9.17, 15) is 8.78 Å². The van der Waals surface area contributed by atoms with Crippen molar-refractivity contribution < 1.29 is 13.5 Å². The van der Waals surface area contributed by atoms with Gasteiger partial charge in [0.05, 0.1) is 18.3 Å². The van der Waals surface area contributed by atoms with E-state index in [0.717, 1.165) is 41.2 Å². The molecule has 2 fully saturated rings. The van der Waals surface area contributed by atoms with E-state index in [2.05, 4.69) is 16.3 Å². The highest BCUT2D eigenvalue weighted by Crippen LogP contribution is 2.41. The molecule has 3 aromatic heterocycles. The van der Waals surface area contributed by atoms with Crippen molar-refractivity contribution in [3.8, 4) is 11.1 Å². The van der Waals surface area contributed by atoms with Crippen molar-refractivity contribution in [2.75, 3.05) is 6.61 Å². The van der Waals surface area contributed by atoms with E-state index in [4.69, 9.17) is 9.72 Å². The smallest absolute Gasteiger partial charge is 0.160 e. The van der Waals surface area contributed by atoms with Gasteiger partial charge in [0.2, 0.25) is 0 Å². The van der Waals surface area contributed by atoms with Crippen molar-refractivity contribution >= 4 is 11.0 Å². The number of fused-ring (bicyclic) bond motifs is 1. The molecule has 1 aliphatic heterocycles. The molecule has 4 heterocycles. The Morgan fingerprint density at radius 1 is 1.00 bits per heavy atom. The first-order valence-electron chi connectivity index (χ1n) is 11.4. The third-order valence-corrected chi connectivity index (χ3v) is 6.67. The zero-order chi connectivity index (χ0) is 22.5. The Bertz CT molecular complexity index is 1350. The molecule has 4 aromatic rings. The molecule has 0 unspecified atom stereocenters. The minimum absolute atomic E-state index is 0.0507. The molecule has 0 spiro atoms. The zero-order valence-corrected chi connectivity index (χ0v) is 18.3. The average Bonchev–Trinajstić information content (AvgIpc) is 3.54. The predicted molar refractivity (Wildman–Crippen MR) is 121 cm³/mol. The monoisotopic (exact) mass is 446 g/mol. The van der Waals surface area contributed by atoms with E-state index in [1.807, 2.05) is 36.0 Å². The van der Waals surface area contributed by atoms with Crippen LogP contribution in [0.3, 0.4) is 0 Å². The van der Waals surface area contributed by atoms with Crippen LogP contribution in [0.5, 0.6) is 0 Å². The Kier molecular flexibility index (Phi) is 4.94. The normalized spacial score (nSPS) is 20.9. The number of aryl methyl sites for hydroxylation is 1. The van der Waals surface area contributed by atoms with Gasteiger partial charge < -0.3 is 4.74 Å². The summed E-state index contributed by atoms with van der Waals surface area (Å²) in [5, 5.41) is 5.26. The van der Waals surface area contributed by atoms with Gasteiger partial charge in [-0.2, -0.15) is 5.10 Å². The van der Waals surface area contributed by atoms with Crippen LogP contribution in [0.2, 0.25) is 0 Å². The van der Waals surface area contributed by atoms with E-state index in [0.29, 0.717) is 29.4 Å². The van der Waals surface area contributed by atoms with Gasteiger partial charge in [0, 0.05) is 52.7 Å². The third kappa shape index (κ3) is 3.91. The molecule has 1 aliphatic carbocycles. The van der Waals surface area contributed by atoms with Crippen LogP contribution in [0, 0.1) is 18.6 Å². The molecule has 2 atom stereocenters. The van der Waals surface area contributed by atoms with E-state index in [-0.39, 0.29) is 12.0 Å². The molecule has 6 rings (SSSR count). The molecule has 7 heteroatoms. The molecule has 2 aliphatic rings. The molecule has 0 N–H and O–H groups in total. The van der Waals surface area contributed by atoms with Gasteiger partial charge in [-0.05, 0) is 68.5 Å². The van der Waals surface area contributed by atoms with E-state index in [1.54, 1.807) is 0 Å². The van der Waals surface area contributed by atoms with Crippen LogP contribution in [0.1, 0.15) is 60.7 Å². The van der Waals surface area contributed by atoms with E-state index in [1.165, 1.54) is 25.0 Å². The summed E-state index contributed by atoms with van der Waals surface area (Å²) in [7, 11) is 0. The van der Waals surface area contributed by atoms with Crippen LogP contribution in [0.25, 0.3) is 22.2 Å². The molecule has 5 nitrogen and oxygen atoms in total.